The van der Waals surface area contributed by atoms with E-state index in [4.69, 9.17) is 4.74 Å². The van der Waals surface area contributed by atoms with Gasteiger partial charge in [0.15, 0.2) is 0 Å². The molecule has 10 heteroatoms. The van der Waals surface area contributed by atoms with Crippen LogP contribution in [0.25, 0.3) is 16.6 Å². The van der Waals surface area contributed by atoms with E-state index in [2.05, 4.69) is 15.3 Å². The Hall–Kier alpha value is -3.50. The zero-order valence-corrected chi connectivity index (χ0v) is 18.9. The van der Waals surface area contributed by atoms with Crippen molar-refractivity contribution >= 4 is 21.5 Å². The molecule has 3 heterocycles. The van der Waals surface area contributed by atoms with Crippen molar-refractivity contribution in [1.29, 1.82) is 0 Å². The summed E-state index contributed by atoms with van der Waals surface area (Å²) < 4.78 is 47.7. The summed E-state index contributed by atoms with van der Waals surface area (Å²) >= 11 is 0. The molecule has 2 aromatic carbocycles. The Morgan fingerprint density at radius 1 is 1.15 bits per heavy atom. The van der Waals surface area contributed by atoms with Crippen LogP contribution in [-0.4, -0.2) is 47.8 Å². The maximum Gasteiger partial charge on any atom is 0.242 e. The highest BCUT2D eigenvalue weighted by Crippen LogP contribution is 2.31. The van der Waals surface area contributed by atoms with E-state index in [1.807, 2.05) is 0 Å². The molecule has 1 aliphatic heterocycles. The Morgan fingerprint density at radius 3 is 2.70 bits per heavy atom. The Kier molecular flexibility index (Phi) is 5.26. The molecule has 2 aromatic heterocycles. The van der Waals surface area contributed by atoms with Crippen molar-refractivity contribution in [2.45, 2.75) is 17.9 Å². The summed E-state index contributed by atoms with van der Waals surface area (Å²) in [6.07, 6.45) is 5.72. The maximum absolute atomic E-state index is 14.5. The lowest BCUT2D eigenvalue weighted by molar-refractivity contribution is 0.356. The van der Waals surface area contributed by atoms with Crippen molar-refractivity contribution in [3.8, 4) is 16.9 Å². The van der Waals surface area contributed by atoms with Crippen LogP contribution in [0.3, 0.4) is 0 Å². The van der Waals surface area contributed by atoms with Gasteiger partial charge in [-0.2, -0.15) is 0 Å². The van der Waals surface area contributed by atoms with Gasteiger partial charge in [-0.05, 0) is 29.8 Å². The van der Waals surface area contributed by atoms with Crippen LogP contribution >= 0.6 is 0 Å². The molecule has 0 radical (unpaired) electrons. The number of aromatic nitrogens is 3. The highest BCUT2D eigenvalue weighted by Gasteiger charge is 2.20. The highest BCUT2D eigenvalue weighted by molar-refractivity contribution is 7.89. The molecule has 4 aromatic rings. The molecule has 33 heavy (non-hydrogen) atoms. The standard InChI is InChI=1S/C23H22FN5O3S/c1-28(2)33(30,31)16-5-3-15(4-6-16)18-11-26-23(29-14-25-13-21(18)29)27-12-19-17-9-10-32-22(17)8-7-20(19)24/h3-8,11,13-14H,9-10,12H2,1-2H3,(H,26,27). The lowest BCUT2D eigenvalue weighted by Gasteiger charge is -2.14. The summed E-state index contributed by atoms with van der Waals surface area (Å²) in [6.45, 7) is 0.814. The van der Waals surface area contributed by atoms with Crippen LogP contribution in [0, 0.1) is 5.82 Å². The van der Waals surface area contributed by atoms with E-state index in [0.717, 1.165) is 28.0 Å². The second-order valence-corrected chi connectivity index (χ2v) is 10.1. The SMILES string of the molecule is CN(C)S(=O)(=O)c1ccc(-c2cnc(NCc3c(F)ccc4c3CCO4)n3cncc23)cc1. The number of halogens is 1. The minimum absolute atomic E-state index is 0.216. The van der Waals surface area contributed by atoms with Gasteiger partial charge >= 0.3 is 0 Å². The van der Waals surface area contributed by atoms with E-state index in [1.165, 1.54) is 24.5 Å². The number of nitrogens with one attached hydrogen (secondary N) is 1. The lowest BCUT2D eigenvalue weighted by atomic mass is 10.0. The molecule has 0 saturated carbocycles. The number of imidazole rings is 1. The summed E-state index contributed by atoms with van der Waals surface area (Å²) in [5.74, 6) is 0.969. The molecule has 0 atom stereocenters. The Bertz CT molecular complexity index is 1450. The average molecular weight is 468 g/mol. The number of hydrogen-bond acceptors (Lipinski definition) is 6. The number of fused-ring (bicyclic) bond motifs is 2. The van der Waals surface area contributed by atoms with Gasteiger partial charge in [0.2, 0.25) is 16.0 Å². The number of anilines is 1. The van der Waals surface area contributed by atoms with Gasteiger partial charge in [-0.3, -0.25) is 4.40 Å². The Morgan fingerprint density at radius 2 is 1.94 bits per heavy atom. The van der Waals surface area contributed by atoms with Crippen LogP contribution in [-0.2, 0) is 23.0 Å². The van der Waals surface area contributed by atoms with E-state index in [-0.39, 0.29) is 17.3 Å². The van der Waals surface area contributed by atoms with Crippen molar-refractivity contribution in [2.75, 3.05) is 26.0 Å². The summed E-state index contributed by atoms with van der Waals surface area (Å²) in [6, 6.07) is 9.73. The first-order valence-corrected chi connectivity index (χ1v) is 11.8. The van der Waals surface area contributed by atoms with Gasteiger partial charge in [-0.25, -0.2) is 27.1 Å². The molecular formula is C23H22FN5O3S. The number of hydrogen-bond donors (Lipinski definition) is 1. The fourth-order valence-corrected chi connectivity index (χ4v) is 4.86. The Labute approximate surface area is 190 Å². The van der Waals surface area contributed by atoms with Crippen LogP contribution in [0.4, 0.5) is 10.3 Å². The first-order chi connectivity index (χ1) is 15.9. The molecule has 8 nitrogen and oxygen atoms in total. The molecule has 170 valence electrons. The van der Waals surface area contributed by atoms with E-state index < -0.39 is 10.0 Å². The smallest absolute Gasteiger partial charge is 0.242 e. The van der Waals surface area contributed by atoms with Crippen LogP contribution in [0.2, 0.25) is 0 Å². The Balaban J connectivity index is 1.45. The van der Waals surface area contributed by atoms with Gasteiger partial charge in [0.05, 0.1) is 23.2 Å². The normalized spacial score (nSPS) is 13.3. The van der Waals surface area contributed by atoms with Crippen molar-refractivity contribution in [3.63, 3.8) is 0 Å². The maximum atomic E-state index is 14.5. The highest BCUT2D eigenvalue weighted by atomic mass is 32.2. The van der Waals surface area contributed by atoms with E-state index in [9.17, 15) is 12.8 Å². The number of sulfonamides is 1. The van der Waals surface area contributed by atoms with Crippen molar-refractivity contribution in [1.82, 2.24) is 18.7 Å². The molecule has 5 rings (SSSR count). The molecule has 0 amide bonds. The third-order valence-electron chi connectivity index (χ3n) is 5.77. The number of nitrogens with zero attached hydrogens (tertiary/aromatic N) is 4. The quantitative estimate of drug-likeness (QED) is 0.468. The fourth-order valence-electron chi connectivity index (χ4n) is 3.96. The molecular weight excluding hydrogens is 445 g/mol. The van der Waals surface area contributed by atoms with E-state index in [0.29, 0.717) is 24.5 Å². The molecule has 0 aliphatic carbocycles. The fraction of sp³-hybridized carbons (Fsp3) is 0.217. The van der Waals surface area contributed by atoms with Crippen LogP contribution in [0.5, 0.6) is 5.75 Å². The minimum atomic E-state index is -3.51. The van der Waals surface area contributed by atoms with Crippen molar-refractivity contribution in [3.05, 3.63) is 72.1 Å². The topological polar surface area (TPSA) is 88.8 Å². The second-order valence-electron chi connectivity index (χ2n) is 7.91. The number of benzene rings is 2. The largest absolute Gasteiger partial charge is 0.493 e. The van der Waals surface area contributed by atoms with Crippen LogP contribution < -0.4 is 10.1 Å². The van der Waals surface area contributed by atoms with Gasteiger partial charge in [0.25, 0.3) is 0 Å². The molecule has 0 saturated heterocycles. The average Bonchev–Trinajstić information content (AvgIpc) is 3.48. The summed E-state index contributed by atoms with van der Waals surface area (Å²) in [5.41, 5.74) is 3.85. The molecule has 0 unspecified atom stereocenters. The second kappa shape index (κ2) is 8.13. The van der Waals surface area contributed by atoms with E-state index in [1.54, 1.807) is 53.5 Å². The lowest BCUT2D eigenvalue weighted by Crippen LogP contribution is -2.22. The predicted octanol–water partition coefficient (Wildman–Crippen LogP) is 3.33. The molecule has 0 bridgehead atoms. The summed E-state index contributed by atoms with van der Waals surface area (Å²) in [7, 11) is -0.511. The number of rotatable bonds is 6. The molecule has 1 aliphatic rings. The van der Waals surface area contributed by atoms with Crippen molar-refractivity contribution < 1.29 is 17.5 Å². The van der Waals surface area contributed by atoms with E-state index >= 15 is 0 Å². The van der Waals surface area contributed by atoms with Gasteiger partial charge in [0.1, 0.15) is 17.9 Å². The zero-order chi connectivity index (χ0) is 23.2. The third-order valence-corrected chi connectivity index (χ3v) is 7.60. The first kappa shape index (κ1) is 21.4. The number of ether oxygens (including phenoxy) is 1. The minimum Gasteiger partial charge on any atom is -0.493 e. The van der Waals surface area contributed by atoms with Crippen LogP contribution in [0.1, 0.15) is 11.1 Å². The van der Waals surface area contributed by atoms with Gasteiger partial charge in [0, 0.05) is 49.9 Å². The third kappa shape index (κ3) is 3.70. The zero-order valence-electron chi connectivity index (χ0n) is 18.1. The van der Waals surface area contributed by atoms with Gasteiger partial charge in [-0.15, -0.1) is 0 Å². The molecule has 0 fully saturated rings. The predicted molar refractivity (Wildman–Crippen MR) is 122 cm³/mol. The monoisotopic (exact) mass is 467 g/mol. The summed E-state index contributed by atoms with van der Waals surface area (Å²) in [4.78, 5) is 8.99. The van der Waals surface area contributed by atoms with Gasteiger partial charge in [-0.1, -0.05) is 12.1 Å². The molecule has 0 spiro atoms. The van der Waals surface area contributed by atoms with Crippen LogP contribution in [0.15, 0.2) is 60.0 Å². The molecule has 1 N–H and O–H groups in total. The van der Waals surface area contributed by atoms with Crippen molar-refractivity contribution in [2.24, 2.45) is 0 Å². The first-order valence-electron chi connectivity index (χ1n) is 10.4. The van der Waals surface area contributed by atoms with Gasteiger partial charge < -0.3 is 10.1 Å². The summed E-state index contributed by atoms with van der Waals surface area (Å²) in [5, 5.41) is 3.21.